The molecule has 0 aliphatic rings. The summed E-state index contributed by atoms with van der Waals surface area (Å²) in [4.78, 5) is 4.22. The number of hydrogen-bond acceptors (Lipinski definition) is 5. The molecule has 0 saturated carbocycles. The Kier molecular flexibility index (Phi) is 5.96. The number of rotatable bonds is 7. The normalized spacial score (nSPS) is 14.5. The van der Waals surface area contributed by atoms with Crippen LogP contribution in [-0.2, 0) is 0 Å². The number of thioether (sulfide) groups is 1. The summed E-state index contributed by atoms with van der Waals surface area (Å²) in [7, 11) is 0. The van der Waals surface area contributed by atoms with Crippen LogP contribution in [0.25, 0.3) is 0 Å². The third-order valence-electron chi connectivity index (χ3n) is 2.31. The molecular formula is C12H19N3S2. The van der Waals surface area contributed by atoms with E-state index >= 15 is 0 Å². The van der Waals surface area contributed by atoms with Crippen molar-refractivity contribution < 1.29 is 0 Å². The van der Waals surface area contributed by atoms with Crippen LogP contribution in [0.15, 0.2) is 15.9 Å². The van der Waals surface area contributed by atoms with Gasteiger partial charge < -0.3 is 0 Å². The maximum atomic E-state index is 9.19. The molecule has 0 radical (unpaired) electrons. The van der Waals surface area contributed by atoms with Crippen molar-refractivity contribution in [2.24, 2.45) is 0 Å². The molecule has 17 heavy (non-hydrogen) atoms. The smallest absolute Gasteiger partial charge is 0.149 e. The summed E-state index contributed by atoms with van der Waals surface area (Å²) >= 11 is 3.44. The monoisotopic (exact) mass is 269 g/mol. The molecule has 1 N–H and O–H groups in total. The van der Waals surface area contributed by atoms with Crippen LogP contribution < -0.4 is 5.32 Å². The Hall–Kier alpha value is -0.570. The molecule has 1 unspecified atom stereocenters. The lowest BCUT2D eigenvalue weighted by atomic mass is 9.97. The van der Waals surface area contributed by atoms with Crippen molar-refractivity contribution in [1.29, 1.82) is 5.26 Å². The predicted octanol–water partition coefficient (Wildman–Crippen LogP) is 3.30. The maximum absolute atomic E-state index is 9.19. The third-order valence-corrected chi connectivity index (χ3v) is 4.36. The lowest BCUT2D eigenvalue weighted by Gasteiger charge is -2.25. The van der Waals surface area contributed by atoms with Crippen molar-refractivity contribution in [3.05, 3.63) is 11.6 Å². The minimum atomic E-state index is -0.405. The van der Waals surface area contributed by atoms with E-state index in [-0.39, 0.29) is 0 Å². The average molecular weight is 269 g/mol. The highest BCUT2D eigenvalue weighted by molar-refractivity contribution is 8.00. The first-order chi connectivity index (χ1) is 8.06. The van der Waals surface area contributed by atoms with E-state index in [1.54, 1.807) is 23.1 Å². The minimum absolute atomic E-state index is 0.339. The van der Waals surface area contributed by atoms with Gasteiger partial charge in [-0.2, -0.15) is 5.26 Å². The van der Waals surface area contributed by atoms with Crippen molar-refractivity contribution in [1.82, 2.24) is 10.3 Å². The summed E-state index contributed by atoms with van der Waals surface area (Å²) in [5.41, 5.74) is -0.405. The van der Waals surface area contributed by atoms with E-state index in [0.29, 0.717) is 6.04 Å². The van der Waals surface area contributed by atoms with Crippen LogP contribution in [0.3, 0.4) is 0 Å². The number of nitrogens with one attached hydrogen (secondary N) is 1. The second-order valence-electron chi connectivity index (χ2n) is 4.49. The SMILES string of the molecule is CC(C)NC(C)(C#N)CCCSc1nccs1. The molecule has 0 spiro atoms. The van der Waals surface area contributed by atoms with Crippen LogP contribution in [-0.4, -0.2) is 22.3 Å². The van der Waals surface area contributed by atoms with Crippen LogP contribution in [0, 0.1) is 11.3 Å². The molecule has 0 bridgehead atoms. The molecule has 5 heteroatoms. The molecule has 0 fully saturated rings. The van der Waals surface area contributed by atoms with E-state index in [9.17, 15) is 5.26 Å². The second-order valence-corrected chi connectivity index (χ2v) is 6.73. The van der Waals surface area contributed by atoms with Gasteiger partial charge in [-0.3, -0.25) is 5.32 Å². The summed E-state index contributed by atoms with van der Waals surface area (Å²) in [6.07, 6.45) is 3.72. The zero-order chi connectivity index (χ0) is 12.7. The Labute approximate surface area is 112 Å². The molecule has 1 rings (SSSR count). The van der Waals surface area contributed by atoms with Gasteiger partial charge in [-0.15, -0.1) is 11.3 Å². The number of nitriles is 1. The zero-order valence-corrected chi connectivity index (χ0v) is 12.2. The van der Waals surface area contributed by atoms with Crippen LogP contribution in [0.1, 0.15) is 33.6 Å². The fraction of sp³-hybridized carbons (Fsp3) is 0.667. The number of hydrogen-bond donors (Lipinski definition) is 1. The highest BCUT2D eigenvalue weighted by Gasteiger charge is 2.23. The second kappa shape index (κ2) is 7.00. The van der Waals surface area contributed by atoms with E-state index in [0.717, 1.165) is 22.9 Å². The van der Waals surface area contributed by atoms with Crippen molar-refractivity contribution in [2.45, 2.75) is 49.5 Å². The highest BCUT2D eigenvalue weighted by atomic mass is 32.2. The van der Waals surface area contributed by atoms with Gasteiger partial charge in [-0.05, 0) is 33.6 Å². The van der Waals surface area contributed by atoms with Gasteiger partial charge in [0, 0.05) is 23.4 Å². The third kappa shape index (κ3) is 5.53. The quantitative estimate of drug-likeness (QED) is 0.609. The van der Waals surface area contributed by atoms with Gasteiger partial charge in [0.1, 0.15) is 9.88 Å². The molecule has 1 aromatic rings. The van der Waals surface area contributed by atoms with Crippen molar-refractivity contribution in [3.8, 4) is 6.07 Å². The highest BCUT2D eigenvalue weighted by Crippen LogP contribution is 2.23. The van der Waals surface area contributed by atoms with Crippen molar-refractivity contribution >= 4 is 23.1 Å². The molecule has 0 aromatic carbocycles. The van der Waals surface area contributed by atoms with Gasteiger partial charge in [0.25, 0.3) is 0 Å². The number of thiazole rings is 1. The van der Waals surface area contributed by atoms with Crippen molar-refractivity contribution in [3.63, 3.8) is 0 Å². The molecule has 1 heterocycles. The molecule has 1 atom stereocenters. The topological polar surface area (TPSA) is 48.7 Å². The first kappa shape index (κ1) is 14.5. The zero-order valence-electron chi connectivity index (χ0n) is 10.6. The van der Waals surface area contributed by atoms with Crippen LogP contribution in [0.4, 0.5) is 0 Å². The lowest BCUT2D eigenvalue weighted by Crippen LogP contribution is -2.44. The molecule has 3 nitrogen and oxygen atoms in total. The Morgan fingerprint density at radius 1 is 1.65 bits per heavy atom. The standard InChI is InChI=1S/C12H19N3S2/c1-10(2)15-12(3,9-13)5-4-7-16-11-14-6-8-17-11/h6,8,10,15H,4-5,7H2,1-3H3. The van der Waals surface area contributed by atoms with Gasteiger partial charge in [0.05, 0.1) is 6.07 Å². The Morgan fingerprint density at radius 3 is 2.94 bits per heavy atom. The summed E-state index contributed by atoms with van der Waals surface area (Å²) in [5.74, 6) is 1.02. The Bertz CT molecular complexity index is 356. The maximum Gasteiger partial charge on any atom is 0.149 e. The summed E-state index contributed by atoms with van der Waals surface area (Å²) in [6, 6.07) is 2.71. The minimum Gasteiger partial charge on any atom is -0.297 e. The molecule has 1 aromatic heterocycles. The van der Waals surface area contributed by atoms with Crippen molar-refractivity contribution in [2.75, 3.05) is 5.75 Å². The number of nitrogens with zero attached hydrogens (tertiary/aromatic N) is 2. The molecule has 0 amide bonds. The van der Waals surface area contributed by atoms with E-state index in [4.69, 9.17) is 0 Å². The molecule has 94 valence electrons. The largest absolute Gasteiger partial charge is 0.297 e. The fourth-order valence-corrected chi connectivity index (χ4v) is 3.31. The van der Waals surface area contributed by atoms with Crippen LogP contribution in [0.5, 0.6) is 0 Å². The van der Waals surface area contributed by atoms with E-state index in [1.165, 1.54) is 0 Å². The Balaban J connectivity index is 2.26. The average Bonchev–Trinajstić information content (AvgIpc) is 2.76. The van der Waals surface area contributed by atoms with E-state index in [2.05, 4.69) is 30.2 Å². The van der Waals surface area contributed by atoms with E-state index in [1.807, 2.05) is 18.5 Å². The summed E-state index contributed by atoms with van der Waals surface area (Å²) in [5, 5.41) is 14.5. The van der Waals surface area contributed by atoms with Crippen LogP contribution in [0.2, 0.25) is 0 Å². The first-order valence-electron chi connectivity index (χ1n) is 5.77. The lowest BCUT2D eigenvalue weighted by molar-refractivity contribution is 0.380. The van der Waals surface area contributed by atoms with Gasteiger partial charge in [-0.1, -0.05) is 11.8 Å². The Morgan fingerprint density at radius 2 is 2.41 bits per heavy atom. The fourth-order valence-electron chi connectivity index (χ4n) is 1.66. The first-order valence-corrected chi connectivity index (χ1v) is 7.63. The molecule has 0 saturated heterocycles. The predicted molar refractivity (Wildman–Crippen MR) is 74.4 cm³/mol. The summed E-state index contributed by atoms with van der Waals surface area (Å²) < 4.78 is 1.11. The van der Waals surface area contributed by atoms with Gasteiger partial charge >= 0.3 is 0 Å². The van der Waals surface area contributed by atoms with E-state index < -0.39 is 5.54 Å². The number of aromatic nitrogens is 1. The molecular weight excluding hydrogens is 250 g/mol. The van der Waals surface area contributed by atoms with Gasteiger partial charge in [0.2, 0.25) is 0 Å². The van der Waals surface area contributed by atoms with Crippen LogP contribution >= 0.6 is 23.1 Å². The summed E-state index contributed by atoms with van der Waals surface area (Å²) in [6.45, 7) is 6.11. The molecule has 0 aliphatic heterocycles. The molecule has 0 aliphatic carbocycles. The van der Waals surface area contributed by atoms with Gasteiger partial charge in [0.15, 0.2) is 0 Å². The van der Waals surface area contributed by atoms with Gasteiger partial charge in [-0.25, -0.2) is 4.98 Å².